The van der Waals surface area contributed by atoms with Gasteiger partial charge in [-0.2, -0.15) is 0 Å². The Morgan fingerprint density at radius 2 is 1.93 bits per heavy atom. The molecule has 0 aromatic heterocycles. The summed E-state index contributed by atoms with van der Waals surface area (Å²) in [7, 11) is 0. The molecule has 0 spiro atoms. The summed E-state index contributed by atoms with van der Waals surface area (Å²) in [6, 6.07) is 8.28. The van der Waals surface area contributed by atoms with E-state index in [-0.39, 0.29) is 9.83 Å². The van der Waals surface area contributed by atoms with Crippen LogP contribution >= 0.6 is 45.5 Å². The van der Waals surface area contributed by atoms with Gasteiger partial charge >= 0.3 is 0 Å². The maximum Gasteiger partial charge on any atom is 0.244 e. The van der Waals surface area contributed by atoms with E-state index >= 15 is 0 Å². The third-order valence-electron chi connectivity index (χ3n) is 2.33. The van der Waals surface area contributed by atoms with E-state index in [4.69, 9.17) is 0 Å². The van der Waals surface area contributed by atoms with Crippen LogP contribution in [0.2, 0.25) is 0 Å². The Labute approximate surface area is 111 Å². The van der Waals surface area contributed by atoms with Crippen LogP contribution in [0.1, 0.15) is 11.1 Å². The monoisotopic (exact) mass is 413 g/mol. The fourth-order valence-electron chi connectivity index (χ4n) is 1.57. The van der Waals surface area contributed by atoms with Crippen molar-refractivity contribution in [3.63, 3.8) is 0 Å². The predicted octanol–water partition coefficient (Wildman–Crippen LogP) is 2.72. The number of benzene rings is 1. The molecule has 4 heteroatoms. The third kappa shape index (κ3) is 2.05. The molecule has 1 atom stereocenters. The second kappa shape index (κ2) is 4.34. The molecule has 0 saturated heterocycles. The minimum atomic E-state index is 0.0770. The molecule has 0 aliphatic carbocycles. The van der Waals surface area contributed by atoms with Crippen molar-refractivity contribution in [3.05, 3.63) is 35.4 Å². The van der Waals surface area contributed by atoms with Gasteiger partial charge in [0, 0.05) is 0 Å². The lowest BCUT2D eigenvalue weighted by Crippen LogP contribution is -2.26. The van der Waals surface area contributed by atoms with Crippen molar-refractivity contribution in [1.29, 1.82) is 0 Å². The minimum Gasteiger partial charge on any atom is -0.280 e. The number of carbonyl (C=O) groups is 1. The lowest BCUT2D eigenvalue weighted by Gasteiger charge is -2.13. The number of fused-ring (bicyclic) bond motifs is 1. The molecule has 0 saturated carbocycles. The van der Waals surface area contributed by atoms with Gasteiger partial charge in [0.05, 0.1) is 33.3 Å². The first-order valence-corrected chi connectivity index (χ1v) is 6.57. The normalized spacial score (nSPS) is 21.7. The molecule has 2 rings (SSSR count). The zero-order valence-electron chi connectivity index (χ0n) is 7.41. The molecule has 0 N–H and O–H groups in total. The van der Waals surface area contributed by atoms with Crippen molar-refractivity contribution in [2.75, 3.05) is 0 Å². The molecule has 1 amide bonds. The van der Waals surface area contributed by atoms with Crippen LogP contribution in [0.25, 0.3) is 0 Å². The average molecular weight is 413 g/mol. The Bertz CT molecular complexity index is 334. The zero-order valence-corrected chi connectivity index (χ0v) is 11.7. The first-order chi connectivity index (χ1) is 6.68. The van der Waals surface area contributed by atoms with Gasteiger partial charge < -0.3 is 0 Å². The van der Waals surface area contributed by atoms with Crippen molar-refractivity contribution >= 4 is 51.4 Å². The van der Waals surface area contributed by atoms with Gasteiger partial charge in [0.15, 0.2) is 0 Å². The summed E-state index contributed by atoms with van der Waals surface area (Å²) >= 11 is 4.32. The second-order valence-corrected chi connectivity index (χ2v) is 5.97. The number of rotatable bonds is 0. The highest BCUT2D eigenvalue weighted by atomic mass is 127. The molecule has 1 aliphatic heterocycles. The lowest BCUT2D eigenvalue weighted by atomic mass is 10.0. The molecule has 74 valence electrons. The van der Waals surface area contributed by atoms with E-state index in [9.17, 15) is 4.79 Å². The zero-order chi connectivity index (χ0) is 10.1. The van der Waals surface area contributed by atoms with Crippen molar-refractivity contribution in [2.24, 2.45) is 0 Å². The first kappa shape index (κ1) is 10.7. The topological polar surface area (TPSA) is 20.3 Å². The quantitative estimate of drug-likeness (QED) is 0.364. The second-order valence-electron chi connectivity index (χ2n) is 3.30. The average Bonchev–Trinajstić information content (AvgIpc) is 2.28. The van der Waals surface area contributed by atoms with Gasteiger partial charge in [-0.25, -0.2) is 0 Å². The highest BCUT2D eigenvalue weighted by Gasteiger charge is 2.25. The summed E-state index contributed by atoms with van der Waals surface area (Å²) in [5.74, 6) is 0.224. The molecule has 1 unspecified atom stereocenters. The van der Waals surface area contributed by atoms with Gasteiger partial charge in [-0.1, -0.05) is 46.9 Å². The number of amides is 1. The summed E-state index contributed by atoms with van der Waals surface area (Å²) < 4.78 is 1.86. The Kier molecular flexibility index (Phi) is 3.30. The van der Waals surface area contributed by atoms with Gasteiger partial charge in [0.1, 0.15) is 0 Å². The maximum atomic E-state index is 11.7. The van der Waals surface area contributed by atoms with Crippen LogP contribution in [-0.2, 0) is 17.8 Å². The van der Waals surface area contributed by atoms with Crippen LogP contribution in [-0.4, -0.2) is 12.9 Å². The van der Waals surface area contributed by atoms with E-state index in [2.05, 4.69) is 57.6 Å². The largest absolute Gasteiger partial charge is 0.280 e. The predicted molar refractivity (Wildman–Crippen MR) is 72.5 cm³/mol. The molecule has 14 heavy (non-hydrogen) atoms. The Morgan fingerprint density at radius 1 is 1.29 bits per heavy atom. The van der Waals surface area contributed by atoms with Gasteiger partial charge in [0.25, 0.3) is 0 Å². The smallest absolute Gasteiger partial charge is 0.244 e. The summed E-state index contributed by atoms with van der Waals surface area (Å²) in [6.07, 6.45) is 0.856. The summed E-state index contributed by atoms with van der Waals surface area (Å²) in [5.41, 5.74) is 2.58. The van der Waals surface area contributed by atoms with E-state index in [1.807, 2.05) is 12.1 Å². The molecule has 1 aromatic carbocycles. The van der Waals surface area contributed by atoms with Crippen molar-refractivity contribution in [2.45, 2.75) is 16.9 Å². The van der Waals surface area contributed by atoms with E-state index < -0.39 is 0 Å². The molecular weight excluding hydrogens is 404 g/mol. The van der Waals surface area contributed by atoms with E-state index in [0.717, 1.165) is 13.0 Å². The molecule has 1 aliphatic rings. The van der Waals surface area contributed by atoms with Gasteiger partial charge in [0.2, 0.25) is 5.91 Å². The third-order valence-corrected chi connectivity index (χ3v) is 4.12. The fourth-order valence-corrected chi connectivity index (χ4v) is 3.62. The Balaban J connectivity index is 2.39. The van der Waals surface area contributed by atoms with Crippen molar-refractivity contribution in [3.8, 4) is 0 Å². The standard InChI is InChI=1S/C10H9I2NO/c11-9-5-7-3-1-2-4-8(7)6-13(12)10(9)14/h1-4,9H,5-6H2. The highest BCUT2D eigenvalue weighted by Crippen LogP contribution is 2.25. The van der Waals surface area contributed by atoms with Crippen LogP contribution < -0.4 is 0 Å². The van der Waals surface area contributed by atoms with Crippen molar-refractivity contribution < 1.29 is 4.79 Å². The number of nitrogens with zero attached hydrogens (tertiary/aromatic N) is 1. The highest BCUT2D eigenvalue weighted by molar-refractivity contribution is 14.1. The number of hydrogen-bond acceptors (Lipinski definition) is 1. The number of carbonyl (C=O) groups excluding carboxylic acids is 1. The summed E-state index contributed by atoms with van der Waals surface area (Å²) in [6.45, 7) is 0.731. The van der Waals surface area contributed by atoms with Gasteiger partial charge in [-0.3, -0.25) is 7.91 Å². The molecule has 0 fully saturated rings. The van der Waals surface area contributed by atoms with E-state index in [1.165, 1.54) is 11.1 Å². The van der Waals surface area contributed by atoms with Crippen LogP contribution in [0.15, 0.2) is 24.3 Å². The van der Waals surface area contributed by atoms with Crippen LogP contribution in [0.4, 0.5) is 0 Å². The fraction of sp³-hybridized carbons (Fsp3) is 0.300. The van der Waals surface area contributed by atoms with Crippen molar-refractivity contribution in [1.82, 2.24) is 3.11 Å². The lowest BCUT2D eigenvalue weighted by molar-refractivity contribution is -0.124. The number of halogens is 2. The van der Waals surface area contributed by atoms with Gasteiger partial charge in [-0.15, -0.1) is 0 Å². The van der Waals surface area contributed by atoms with Gasteiger partial charge in [-0.05, 0) is 17.5 Å². The first-order valence-electron chi connectivity index (χ1n) is 4.36. The molecule has 1 heterocycles. The van der Waals surface area contributed by atoms with Crippen LogP contribution in [0.5, 0.6) is 0 Å². The summed E-state index contributed by atoms with van der Waals surface area (Å²) in [5, 5.41) is 0. The van der Waals surface area contributed by atoms with E-state index in [1.54, 1.807) is 3.11 Å². The Morgan fingerprint density at radius 3 is 2.64 bits per heavy atom. The van der Waals surface area contributed by atoms with E-state index in [0.29, 0.717) is 0 Å². The summed E-state index contributed by atoms with van der Waals surface area (Å²) in [4.78, 5) is 11.7. The number of hydrogen-bond donors (Lipinski definition) is 0. The molecular formula is C10H9I2NO. The maximum absolute atomic E-state index is 11.7. The van der Waals surface area contributed by atoms with Crippen LogP contribution in [0, 0.1) is 0 Å². The SMILES string of the molecule is O=C1C(I)Cc2ccccc2CN1I. The molecule has 0 bridgehead atoms. The molecule has 0 radical (unpaired) electrons. The number of alkyl halides is 1. The Hall–Kier alpha value is 0.150. The molecule has 1 aromatic rings. The molecule has 2 nitrogen and oxygen atoms in total. The minimum absolute atomic E-state index is 0.0770. The van der Waals surface area contributed by atoms with Crippen LogP contribution in [0.3, 0.4) is 0 Å².